The summed E-state index contributed by atoms with van der Waals surface area (Å²) in [5, 5.41) is 8.30. The third-order valence-electron chi connectivity index (χ3n) is 1.48. The third kappa shape index (κ3) is 5.72. The Hall–Kier alpha value is -1.04. The normalized spacial score (nSPS) is 10.9. The number of unbranched alkanes of at least 4 members (excludes halogenated alkanes) is 2. The van der Waals surface area contributed by atoms with Gasteiger partial charge in [0.2, 0.25) is 6.19 Å². The summed E-state index contributed by atoms with van der Waals surface area (Å²) in [7, 11) is 0. The molecule has 0 aromatic heterocycles. The highest BCUT2D eigenvalue weighted by Gasteiger charge is 1.98. The van der Waals surface area contributed by atoms with E-state index in [9.17, 15) is 0 Å². The van der Waals surface area contributed by atoms with Crippen molar-refractivity contribution in [2.75, 3.05) is 6.61 Å². The summed E-state index contributed by atoms with van der Waals surface area (Å²) in [5.74, 6) is 0.577. The summed E-state index contributed by atoms with van der Waals surface area (Å²) < 4.78 is 5.16. The first-order chi connectivity index (χ1) is 5.85. The van der Waals surface area contributed by atoms with Crippen LogP contribution in [0.25, 0.3) is 0 Å². The van der Waals surface area contributed by atoms with Crippen molar-refractivity contribution in [3.05, 3.63) is 0 Å². The molecule has 0 heterocycles. The lowest BCUT2D eigenvalue weighted by Gasteiger charge is -2.03. The average Bonchev–Trinajstić information content (AvgIpc) is 2.06. The zero-order valence-corrected chi connectivity index (χ0v) is 7.84. The summed E-state index contributed by atoms with van der Waals surface area (Å²) in [5.41, 5.74) is 0. The van der Waals surface area contributed by atoms with Gasteiger partial charge in [-0.2, -0.15) is 5.26 Å². The number of hydrogen-bond donors (Lipinski definition) is 0. The molecule has 68 valence electrons. The Morgan fingerprint density at radius 2 is 2.17 bits per heavy atom. The van der Waals surface area contributed by atoms with Crippen LogP contribution in [0.15, 0.2) is 4.99 Å². The lowest BCUT2D eigenvalue weighted by Crippen LogP contribution is -2.03. The summed E-state index contributed by atoms with van der Waals surface area (Å²) in [6, 6.07) is 0. The first kappa shape index (κ1) is 11.0. The van der Waals surface area contributed by atoms with Gasteiger partial charge < -0.3 is 4.74 Å². The minimum atomic E-state index is 0.577. The Labute approximate surface area is 74.1 Å². The maximum Gasteiger partial charge on any atom is 0.208 e. The summed E-state index contributed by atoms with van der Waals surface area (Å²) in [6.07, 6.45) is 5.92. The molecule has 0 rings (SSSR count). The minimum Gasteiger partial charge on any atom is -0.481 e. The van der Waals surface area contributed by atoms with Gasteiger partial charge in [0.25, 0.3) is 0 Å². The van der Waals surface area contributed by atoms with E-state index in [4.69, 9.17) is 10.00 Å². The van der Waals surface area contributed by atoms with Crippen molar-refractivity contribution < 1.29 is 4.74 Å². The van der Waals surface area contributed by atoms with Gasteiger partial charge in [-0.25, -0.2) is 0 Å². The van der Waals surface area contributed by atoms with Gasteiger partial charge in [-0.3, -0.25) is 0 Å². The molecule has 0 aliphatic heterocycles. The number of hydrogen-bond acceptors (Lipinski definition) is 3. The molecule has 0 atom stereocenters. The first-order valence-corrected chi connectivity index (χ1v) is 4.43. The number of ether oxygens (including phenoxy) is 1. The van der Waals surface area contributed by atoms with Crippen molar-refractivity contribution in [3.63, 3.8) is 0 Å². The van der Waals surface area contributed by atoms with Crippen molar-refractivity contribution in [2.45, 2.75) is 39.5 Å². The van der Waals surface area contributed by atoms with Crippen LogP contribution < -0.4 is 0 Å². The average molecular weight is 168 g/mol. The molecule has 0 aromatic rings. The molecule has 0 spiro atoms. The van der Waals surface area contributed by atoms with E-state index in [0.29, 0.717) is 12.5 Å². The summed E-state index contributed by atoms with van der Waals surface area (Å²) in [4.78, 5) is 3.59. The van der Waals surface area contributed by atoms with E-state index in [-0.39, 0.29) is 0 Å². The van der Waals surface area contributed by atoms with Crippen molar-refractivity contribution in [1.82, 2.24) is 0 Å². The molecule has 0 fully saturated rings. The second-order valence-electron chi connectivity index (χ2n) is 2.50. The number of nitriles is 1. The van der Waals surface area contributed by atoms with Crippen molar-refractivity contribution in [2.24, 2.45) is 4.99 Å². The Morgan fingerprint density at radius 1 is 1.42 bits per heavy atom. The molecule has 3 nitrogen and oxygen atoms in total. The van der Waals surface area contributed by atoms with Crippen LogP contribution in [-0.4, -0.2) is 12.5 Å². The summed E-state index contributed by atoms with van der Waals surface area (Å²) >= 11 is 0. The molecule has 12 heavy (non-hydrogen) atoms. The molecule has 0 radical (unpaired) electrons. The van der Waals surface area contributed by atoms with E-state index in [1.807, 2.05) is 6.92 Å². The van der Waals surface area contributed by atoms with Crippen LogP contribution in [0.1, 0.15) is 39.5 Å². The van der Waals surface area contributed by atoms with Crippen LogP contribution >= 0.6 is 0 Å². The highest BCUT2D eigenvalue weighted by molar-refractivity contribution is 5.76. The Morgan fingerprint density at radius 3 is 2.67 bits per heavy atom. The lowest BCUT2D eigenvalue weighted by molar-refractivity contribution is 0.316. The first-order valence-electron chi connectivity index (χ1n) is 4.43. The van der Waals surface area contributed by atoms with Gasteiger partial charge in [0.05, 0.1) is 6.61 Å². The summed E-state index contributed by atoms with van der Waals surface area (Å²) in [6.45, 7) is 4.63. The van der Waals surface area contributed by atoms with E-state index in [1.54, 1.807) is 6.19 Å². The maximum atomic E-state index is 8.30. The van der Waals surface area contributed by atoms with Gasteiger partial charge in [-0.15, -0.1) is 4.99 Å². The molecule has 0 aliphatic rings. The fraction of sp³-hybridized carbons (Fsp3) is 0.778. The quantitative estimate of drug-likeness (QED) is 0.274. The zero-order chi connectivity index (χ0) is 9.23. The van der Waals surface area contributed by atoms with Gasteiger partial charge in [-0.05, 0) is 13.3 Å². The van der Waals surface area contributed by atoms with E-state index >= 15 is 0 Å². The molecule has 0 saturated heterocycles. The largest absolute Gasteiger partial charge is 0.481 e. The third-order valence-corrected chi connectivity index (χ3v) is 1.48. The molecule has 0 N–H and O–H groups in total. The number of rotatable bonds is 5. The van der Waals surface area contributed by atoms with Gasteiger partial charge >= 0.3 is 0 Å². The number of aliphatic imine (C=N–C) groups is 1. The lowest BCUT2D eigenvalue weighted by atomic mass is 10.2. The second kappa shape index (κ2) is 8.06. The predicted molar refractivity (Wildman–Crippen MR) is 48.8 cm³/mol. The Bertz CT molecular complexity index is 170. The van der Waals surface area contributed by atoms with Crippen LogP contribution in [0, 0.1) is 11.5 Å². The van der Waals surface area contributed by atoms with Crippen molar-refractivity contribution in [3.8, 4) is 6.19 Å². The van der Waals surface area contributed by atoms with E-state index in [1.165, 1.54) is 6.42 Å². The van der Waals surface area contributed by atoms with E-state index in [2.05, 4.69) is 11.9 Å². The topological polar surface area (TPSA) is 45.4 Å². The molecular formula is C9H16N2O. The molecule has 3 heteroatoms. The van der Waals surface area contributed by atoms with Gasteiger partial charge in [0.1, 0.15) is 0 Å². The van der Waals surface area contributed by atoms with E-state index in [0.717, 1.165) is 19.3 Å². The smallest absolute Gasteiger partial charge is 0.208 e. The van der Waals surface area contributed by atoms with Crippen LogP contribution in [0.5, 0.6) is 0 Å². The molecule has 0 aromatic carbocycles. The van der Waals surface area contributed by atoms with Crippen LogP contribution in [0.4, 0.5) is 0 Å². The Kier molecular flexibility index (Phi) is 7.36. The van der Waals surface area contributed by atoms with Gasteiger partial charge in [-0.1, -0.05) is 19.8 Å². The van der Waals surface area contributed by atoms with Crippen LogP contribution in [0.2, 0.25) is 0 Å². The van der Waals surface area contributed by atoms with Crippen LogP contribution in [-0.2, 0) is 4.74 Å². The fourth-order valence-electron chi connectivity index (χ4n) is 0.909. The molecule has 0 bridgehead atoms. The van der Waals surface area contributed by atoms with Crippen LogP contribution in [0.3, 0.4) is 0 Å². The highest BCUT2D eigenvalue weighted by Crippen LogP contribution is 2.01. The zero-order valence-electron chi connectivity index (χ0n) is 7.84. The molecule has 0 unspecified atom stereocenters. The van der Waals surface area contributed by atoms with Crippen molar-refractivity contribution in [1.29, 1.82) is 5.26 Å². The highest BCUT2D eigenvalue weighted by atomic mass is 16.5. The SMILES string of the molecule is CCCCCC(=NC#N)OCC. The Balaban J connectivity index is 3.66. The predicted octanol–water partition coefficient (Wildman–Crippen LogP) is 2.48. The fourth-order valence-corrected chi connectivity index (χ4v) is 0.909. The number of nitrogens with zero attached hydrogens (tertiary/aromatic N) is 2. The molecule has 0 amide bonds. The van der Waals surface area contributed by atoms with Gasteiger partial charge in [0, 0.05) is 6.42 Å². The molecule has 0 aliphatic carbocycles. The standard InChI is InChI=1S/C9H16N2O/c1-3-5-6-7-9(11-8-10)12-4-2/h3-7H2,1-2H3. The van der Waals surface area contributed by atoms with Gasteiger partial charge in [0.15, 0.2) is 5.90 Å². The minimum absolute atomic E-state index is 0.577. The van der Waals surface area contributed by atoms with E-state index < -0.39 is 0 Å². The monoisotopic (exact) mass is 168 g/mol. The second-order valence-corrected chi connectivity index (χ2v) is 2.50. The van der Waals surface area contributed by atoms with Crippen molar-refractivity contribution >= 4 is 5.90 Å². The molecular weight excluding hydrogens is 152 g/mol. The molecule has 0 saturated carbocycles. The maximum absolute atomic E-state index is 8.30.